The summed E-state index contributed by atoms with van der Waals surface area (Å²) >= 11 is 0. The van der Waals surface area contributed by atoms with Gasteiger partial charge in [0.2, 0.25) is 0 Å². The van der Waals surface area contributed by atoms with Gasteiger partial charge in [-0.25, -0.2) is 0 Å². The van der Waals surface area contributed by atoms with Gasteiger partial charge in [-0.1, -0.05) is 0 Å². The second kappa shape index (κ2) is 16.7. The van der Waals surface area contributed by atoms with Crippen LogP contribution in [-0.2, 0) is 14.3 Å². The Morgan fingerprint density at radius 1 is 0.714 bits per heavy atom. The van der Waals surface area contributed by atoms with Crippen molar-refractivity contribution in [2.45, 2.75) is 73.4 Å². The molecular formula is C18H36O17. The van der Waals surface area contributed by atoms with E-state index in [-0.39, 0.29) is 0 Å². The number of aliphatic hydroxyl groups excluding tert-OH is 14. The summed E-state index contributed by atoms with van der Waals surface area (Å²) in [6.07, 6.45) is -19.8. The van der Waals surface area contributed by atoms with Gasteiger partial charge in [-0.15, -0.1) is 0 Å². The maximum Gasteiger partial charge on any atom is 0.189 e. The van der Waals surface area contributed by atoms with E-state index in [0.29, 0.717) is 0 Å². The minimum absolute atomic E-state index is 0.667. The molecule has 0 bridgehead atoms. The van der Waals surface area contributed by atoms with Crippen LogP contribution in [0, 0.1) is 0 Å². The lowest BCUT2D eigenvalue weighted by Gasteiger charge is -2.40. The molecule has 0 spiro atoms. The Hall–Kier alpha value is -0.970. The standard InChI is InChI=1S/C12H22O11.C6H14O6/c13-1-4(15)7(17)8(18)5(16)3-22-12-11(21)10(20)9(19)6(2-14)23-12;7-1-3(9)5(11)6(12)4(10)2-8/h5-14,16-21H,1-3H2;3-12H,1-2H2/t5-,6-,7-,8-,9-,10+,11-,12+;3-,4-,5-,6-/m11/s1. The summed E-state index contributed by atoms with van der Waals surface area (Å²) in [6, 6.07) is 0. The molecule has 0 amide bonds. The Bertz CT molecular complexity index is 565. The number of Topliss-reactive ketones (excluding diaryl/α,β-unsaturated/α-hetero) is 1. The highest BCUT2D eigenvalue weighted by atomic mass is 16.7. The monoisotopic (exact) mass is 524 g/mol. The molecule has 0 aliphatic carbocycles. The molecule has 0 aromatic rings. The molecule has 210 valence electrons. The van der Waals surface area contributed by atoms with Crippen LogP contribution in [0.3, 0.4) is 0 Å². The first-order chi connectivity index (χ1) is 16.3. The van der Waals surface area contributed by atoms with E-state index < -0.39 is 112 Å². The fraction of sp³-hybridized carbons (Fsp3) is 0.944. The second-order valence-corrected chi connectivity index (χ2v) is 7.64. The van der Waals surface area contributed by atoms with Crippen LogP contribution in [0.25, 0.3) is 0 Å². The normalized spacial score (nSPS) is 30.7. The third-order valence-electron chi connectivity index (χ3n) is 5.00. The highest BCUT2D eigenvalue weighted by Gasteiger charge is 2.44. The third-order valence-corrected chi connectivity index (χ3v) is 5.00. The van der Waals surface area contributed by atoms with Crippen LogP contribution in [0.15, 0.2) is 0 Å². The maximum absolute atomic E-state index is 11.0. The van der Waals surface area contributed by atoms with Crippen LogP contribution in [-0.4, -0.2) is 184 Å². The molecule has 1 heterocycles. The van der Waals surface area contributed by atoms with Gasteiger partial charge in [0.1, 0.15) is 73.8 Å². The zero-order valence-corrected chi connectivity index (χ0v) is 18.4. The molecule has 1 rings (SSSR count). The SMILES string of the molecule is O=C(CO)[C@@H](O)[C@H](O)[C@H](O)CO[C@H]1O[C@H](CO)[C@@H](O)[C@H](O)[C@H]1O.OC[C@@H](O)[C@@H](O)[C@H](O)[C@H](O)CO. The summed E-state index contributed by atoms with van der Waals surface area (Å²) in [5, 5.41) is 127. The summed E-state index contributed by atoms with van der Waals surface area (Å²) in [5.41, 5.74) is 0. The van der Waals surface area contributed by atoms with Crippen molar-refractivity contribution >= 4 is 5.78 Å². The molecule has 0 radical (unpaired) electrons. The van der Waals surface area contributed by atoms with Crippen molar-refractivity contribution in [3.63, 3.8) is 0 Å². The first-order valence-corrected chi connectivity index (χ1v) is 10.3. The lowest BCUT2D eigenvalue weighted by Crippen LogP contribution is -2.59. The summed E-state index contributed by atoms with van der Waals surface area (Å²) < 4.78 is 9.94. The molecule has 14 N–H and O–H groups in total. The highest BCUT2D eigenvalue weighted by molar-refractivity contribution is 5.84. The average molecular weight is 524 g/mol. The molecule has 17 nitrogen and oxygen atoms in total. The van der Waals surface area contributed by atoms with Crippen molar-refractivity contribution in [2.75, 3.05) is 33.0 Å². The zero-order chi connectivity index (χ0) is 27.5. The average Bonchev–Trinajstić information content (AvgIpc) is 2.88. The number of aliphatic hydroxyl groups is 14. The van der Waals surface area contributed by atoms with E-state index >= 15 is 0 Å². The summed E-state index contributed by atoms with van der Waals surface area (Å²) in [5.74, 6) is -1.11. The van der Waals surface area contributed by atoms with Crippen LogP contribution < -0.4 is 0 Å². The molecule has 0 saturated carbocycles. The van der Waals surface area contributed by atoms with E-state index in [1.807, 2.05) is 0 Å². The summed E-state index contributed by atoms with van der Waals surface area (Å²) in [7, 11) is 0. The molecule has 1 aliphatic rings. The number of ketones is 1. The number of hydrogen-bond donors (Lipinski definition) is 14. The fourth-order valence-corrected chi connectivity index (χ4v) is 2.66. The van der Waals surface area contributed by atoms with E-state index in [0.717, 1.165) is 0 Å². The lowest BCUT2D eigenvalue weighted by atomic mass is 9.99. The number of carbonyl (C=O) groups excluding carboxylic acids is 1. The molecule has 12 atom stereocenters. The molecule has 0 unspecified atom stereocenters. The van der Waals surface area contributed by atoms with Gasteiger partial charge in [-0.2, -0.15) is 0 Å². The Kier molecular flexibility index (Phi) is 16.2. The van der Waals surface area contributed by atoms with E-state index in [2.05, 4.69) is 0 Å². The van der Waals surface area contributed by atoms with Crippen LogP contribution in [0.5, 0.6) is 0 Å². The Balaban J connectivity index is 0.000000814. The van der Waals surface area contributed by atoms with E-state index in [1.54, 1.807) is 0 Å². The van der Waals surface area contributed by atoms with Gasteiger partial charge in [0.15, 0.2) is 12.1 Å². The Morgan fingerprint density at radius 3 is 1.60 bits per heavy atom. The minimum atomic E-state index is -2.03. The fourth-order valence-electron chi connectivity index (χ4n) is 2.66. The third kappa shape index (κ3) is 10.1. The van der Waals surface area contributed by atoms with Crippen molar-refractivity contribution in [1.82, 2.24) is 0 Å². The van der Waals surface area contributed by atoms with Crippen LogP contribution in [0.2, 0.25) is 0 Å². The molecule has 0 aromatic heterocycles. The highest BCUT2D eigenvalue weighted by Crippen LogP contribution is 2.22. The minimum Gasteiger partial charge on any atom is -0.394 e. The van der Waals surface area contributed by atoms with Gasteiger partial charge in [0.25, 0.3) is 0 Å². The van der Waals surface area contributed by atoms with Crippen molar-refractivity contribution < 1.29 is 85.8 Å². The largest absolute Gasteiger partial charge is 0.394 e. The molecule has 1 fully saturated rings. The van der Waals surface area contributed by atoms with Gasteiger partial charge in [0.05, 0.1) is 26.4 Å². The van der Waals surface area contributed by atoms with Crippen molar-refractivity contribution in [1.29, 1.82) is 0 Å². The van der Waals surface area contributed by atoms with E-state index in [4.69, 9.17) is 50.3 Å². The predicted octanol–water partition coefficient (Wildman–Crippen LogP) is -9.14. The van der Waals surface area contributed by atoms with Crippen molar-refractivity contribution in [2.24, 2.45) is 0 Å². The van der Waals surface area contributed by atoms with Crippen molar-refractivity contribution in [3.8, 4) is 0 Å². The summed E-state index contributed by atoms with van der Waals surface area (Å²) in [6.45, 7) is -3.86. The summed E-state index contributed by atoms with van der Waals surface area (Å²) in [4.78, 5) is 11.0. The Morgan fingerprint density at radius 2 is 1.20 bits per heavy atom. The molecule has 1 saturated heterocycles. The number of hydrogen-bond acceptors (Lipinski definition) is 17. The number of rotatable bonds is 13. The lowest BCUT2D eigenvalue weighted by molar-refractivity contribution is -0.306. The quantitative estimate of drug-likeness (QED) is 0.106. The predicted molar refractivity (Wildman–Crippen MR) is 108 cm³/mol. The first-order valence-electron chi connectivity index (χ1n) is 10.3. The van der Waals surface area contributed by atoms with Crippen molar-refractivity contribution in [3.05, 3.63) is 0 Å². The molecule has 35 heavy (non-hydrogen) atoms. The smallest absolute Gasteiger partial charge is 0.189 e. The maximum atomic E-state index is 11.0. The zero-order valence-electron chi connectivity index (χ0n) is 18.4. The Labute approximate surface area is 198 Å². The van der Waals surface area contributed by atoms with Crippen LogP contribution in [0.1, 0.15) is 0 Å². The van der Waals surface area contributed by atoms with Crippen LogP contribution in [0.4, 0.5) is 0 Å². The van der Waals surface area contributed by atoms with Gasteiger partial charge in [-0.3, -0.25) is 4.79 Å². The number of ether oxygens (including phenoxy) is 2. The first kappa shape index (κ1) is 34.0. The molecule has 17 heteroatoms. The van der Waals surface area contributed by atoms with Gasteiger partial charge in [-0.05, 0) is 0 Å². The van der Waals surface area contributed by atoms with E-state index in [9.17, 15) is 35.4 Å². The molecular weight excluding hydrogens is 488 g/mol. The van der Waals surface area contributed by atoms with E-state index in [1.165, 1.54) is 0 Å². The van der Waals surface area contributed by atoms with Gasteiger partial charge < -0.3 is 81.0 Å². The number of carbonyl (C=O) groups is 1. The molecule has 1 aliphatic heterocycles. The molecule has 0 aromatic carbocycles. The second-order valence-electron chi connectivity index (χ2n) is 7.64. The van der Waals surface area contributed by atoms with Crippen LogP contribution >= 0.6 is 0 Å². The topological polar surface area (TPSA) is 319 Å². The van der Waals surface area contributed by atoms with Gasteiger partial charge in [0, 0.05) is 0 Å². The van der Waals surface area contributed by atoms with Gasteiger partial charge >= 0.3 is 0 Å².